The summed E-state index contributed by atoms with van der Waals surface area (Å²) in [4.78, 5) is 23.4. The van der Waals surface area contributed by atoms with Crippen molar-refractivity contribution in [3.05, 3.63) is 12.2 Å². The fourth-order valence-corrected chi connectivity index (χ4v) is 6.59. The van der Waals surface area contributed by atoms with Gasteiger partial charge >= 0.3 is 11.9 Å². The molecule has 0 aromatic carbocycles. The molecule has 0 bridgehead atoms. The van der Waals surface area contributed by atoms with Crippen LogP contribution in [0.5, 0.6) is 0 Å². The lowest BCUT2D eigenvalue weighted by atomic mass is 10.0. The van der Waals surface area contributed by atoms with Gasteiger partial charge in [-0.15, -0.1) is 0 Å². The van der Waals surface area contributed by atoms with E-state index in [9.17, 15) is 9.59 Å². The lowest BCUT2D eigenvalue weighted by Gasteiger charge is -2.18. The molecule has 0 aliphatic rings. The summed E-state index contributed by atoms with van der Waals surface area (Å²) in [6.45, 7) is 4.56. The maximum Gasteiger partial charge on any atom is 0.306 e. The van der Waals surface area contributed by atoms with Crippen molar-refractivity contribution < 1.29 is 19.4 Å². The van der Waals surface area contributed by atoms with E-state index in [1.54, 1.807) is 0 Å². The van der Waals surface area contributed by atoms with E-state index >= 15 is 0 Å². The molecular weight excluding hydrogens is 580 g/mol. The van der Waals surface area contributed by atoms with Gasteiger partial charge in [0.15, 0.2) is 0 Å². The Morgan fingerprint density at radius 3 is 1.15 bits per heavy atom. The van der Waals surface area contributed by atoms with Gasteiger partial charge in [-0.2, -0.15) is 0 Å². The zero-order chi connectivity index (χ0) is 34.3. The molecule has 0 spiro atoms. The van der Waals surface area contributed by atoms with Gasteiger partial charge in [-0.1, -0.05) is 180 Å². The van der Waals surface area contributed by atoms with Gasteiger partial charge in [-0.3, -0.25) is 9.59 Å². The van der Waals surface area contributed by atoms with Gasteiger partial charge in [-0.25, -0.2) is 0 Å². The Hall–Kier alpha value is -1.32. The maximum absolute atomic E-state index is 12.7. The first-order chi connectivity index (χ1) is 23.1. The molecule has 0 fully saturated rings. The molecule has 1 unspecified atom stereocenters. The fraction of sp³-hybridized carbons (Fsp3) is 0.907. The first-order valence-corrected chi connectivity index (χ1v) is 21.2. The summed E-state index contributed by atoms with van der Waals surface area (Å²) >= 11 is 0. The molecule has 1 N–H and O–H groups in total. The smallest absolute Gasteiger partial charge is 0.306 e. The van der Waals surface area contributed by atoms with Crippen LogP contribution in [-0.4, -0.2) is 23.1 Å². The van der Waals surface area contributed by atoms with Crippen molar-refractivity contribution in [2.24, 2.45) is 0 Å². The molecule has 278 valence electrons. The van der Waals surface area contributed by atoms with Gasteiger partial charge in [0.05, 0.1) is 0 Å². The first-order valence-electron chi connectivity index (χ1n) is 21.2. The average molecular weight is 663 g/mol. The van der Waals surface area contributed by atoms with E-state index < -0.39 is 5.97 Å². The Kier molecular flexibility index (Phi) is 38.0. The normalized spacial score (nSPS) is 12.2. The largest absolute Gasteiger partial charge is 0.481 e. The van der Waals surface area contributed by atoms with Crippen LogP contribution in [0.15, 0.2) is 12.2 Å². The van der Waals surface area contributed by atoms with Crippen LogP contribution in [0.4, 0.5) is 0 Å². The average Bonchev–Trinajstić information content (AvgIpc) is 3.05. The minimum absolute atomic E-state index is 0.000510. The third kappa shape index (κ3) is 39.0. The SMILES string of the molecule is CCCCCCCCC/C=C\CCCCCCCC(=O)OC(CCCCCCCCCCCCCCC)CCCCCCCC(=O)O. The van der Waals surface area contributed by atoms with E-state index in [2.05, 4.69) is 26.0 Å². The van der Waals surface area contributed by atoms with Crippen molar-refractivity contribution in [3.8, 4) is 0 Å². The summed E-state index contributed by atoms with van der Waals surface area (Å²) in [7, 11) is 0. The van der Waals surface area contributed by atoms with E-state index in [4.69, 9.17) is 9.84 Å². The Balaban J connectivity index is 4.00. The molecule has 0 heterocycles. The molecule has 0 aromatic rings. The van der Waals surface area contributed by atoms with Crippen molar-refractivity contribution in [3.63, 3.8) is 0 Å². The summed E-state index contributed by atoms with van der Waals surface area (Å²) in [6.07, 6.45) is 48.1. The molecule has 0 saturated carbocycles. The third-order valence-corrected chi connectivity index (χ3v) is 9.74. The highest BCUT2D eigenvalue weighted by Crippen LogP contribution is 2.19. The number of carbonyl (C=O) groups excluding carboxylic acids is 1. The number of rotatable bonds is 39. The minimum atomic E-state index is -0.698. The predicted molar refractivity (Wildman–Crippen MR) is 204 cm³/mol. The van der Waals surface area contributed by atoms with Crippen LogP contribution in [-0.2, 0) is 14.3 Å². The van der Waals surface area contributed by atoms with E-state index in [0.717, 1.165) is 64.2 Å². The Morgan fingerprint density at radius 1 is 0.447 bits per heavy atom. The topological polar surface area (TPSA) is 63.6 Å². The number of carbonyl (C=O) groups is 2. The van der Waals surface area contributed by atoms with E-state index in [-0.39, 0.29) is 18.5 Å². The second kappa shape index (κ2) is 39.1. The molecule has 4 heteroatoms. The van der Waals surface area contributed by atoms with E-state index in [1.807, 2.05) is 0 Å². The molecule has 47 heavy (non-hydrogen) atoms. The summed E-state index contributed by atoms with van der Waals surface area (Å²) in [5.41, 5.74) is 0. The summed E-state index contributed by atoms with van der Waals surface area (Å²) in [6, 6.07) is 0. The van der Waals surface area contributed by atoms with Crippen LogP contribution in [0.25, 0.3) is 0 Å². The van der Waals surface area contributed by atoms with Gasteiger partial charge < -0.3 is 9.84 Å². The first kappa shape index (κ1) is 45.7. The van der Waals surface area contributed by atoms with Gasteiger partial charge in [0.1, 0.15) is 6.10 Å². The zero-order valence-electron chi connectivity index (χ0n) is 31.9. The standard InChI is InChI=1S/C43H82O4/c1-3-5-7-9-11-13-15-17-18-19-21-23-25-27-32-36-40-43(46)47-41(38-34-30-28-31-35-39-42(44)45)37-33-29-26-24-22-20-16-14-12-10-8-6-4-2/h18-19,41H,3-17,20-40H2,1-2H3,(H,44,45)/b19-18-. The van der Waals surface area contributed by atoms with Gasteiger partial charge in [0.25, 0.3) is 0 Å². The quantitative estimate of drug-likeness (QED) is 0.0404. The number of unbranched alkanes of at least 4 members (excludes halogenated alkanes) is 28. The second-order valence-electron chi connectivity index (χ2n) is 14.5. The van der Waals surface area contributed by atoms with Crippen LogP contribution >= 0.6 is 0 Å². The number of esters is 1. The van der Waals surface area contributed by atoms with Crippen LogP contribution < -0.4 is 0 Å². The van der Waals surface area contributed by atoms with Gasteiger partial charge in [0.2, 0.25) is 0 Å². The Bertz CT molecular complexity index is 673. The number of allylic oxidation sites excluding steroid dienone is 2. The number of aliphatic carboxylic acids is 1. The molecule has 0 rings (SSSR count). The molecule has 0 aliphatic heterocycles. The molecule has 0 aromatic heterocycles. The Labute approximate surface area is 294 Å². The Morgan fingerprint density at radius 2 is 0.766 bits per heavy atom. The highest BCUT2D eigenvalue weighted by Gasteiger charge is 2.14. The molecule has 0 aliphatic carbocycles. The predicted octanol–water partition coefficient (Wildman–Crippen LogP) is 14.6. The number of ether oxygens (including phenoxy) is 1. The van der Waals surface area contributed by atoms with Crippen molar-refractivity contribution in [2.75, 3.05) is 0 Å². The van der Waals surface area contributed by atoms with Crippen LogP contribution in [0.2, 0.25) is 0 Å². The maximum atomic E-state index is 12.7. The fourth-order valence-electron chi connectivity index (χ4n) is 6.59. The number of hydrogen-bond donors (Lipinski definition) is 1. The summed E-state index contributed by atoms with van der Waals surface area (Å²) < 4.78 is 6.02. The lowest BCUT2D eigenvalue weighted by Crippen LogP contribution is -2.18. The molecule has 0 amide bonds. The zero-order valence-corrected chi connectivity index (χ0v) is 31.9. The van der Waals surface area contributed by atoms with Crippen molar-refractivity contribution in [1.29, 1.82) is 0 Å². The summed E-state index contributed by atoms with van der Waals surface area (Å²) in [5.74, 6) is -0.698. The molecule has 0 radical (unpaired) electrons. The van der Waals surface area contributed by atoms with E-state index in [0.29, 0.717) is 6.42 Å². The number of carboxylic acids is 1. The number of hydrogen-bond acceptors (Lipinski definition) is 3. The minimum Gasteiger partial charge on any atom is -0.481 e. The van der Waals surface area contributed by atoms with Crippen molar-refractivity contribution in [2.45, 2.75) is 251 Å². The third-order valence-electron chi connectivity index (χ3n) is 9.74. The van der Waals surface area contributed by atoms with Crippen LogP contribution in [0.1, 0.15) is 245 Å². The van der Waals surface area contributed by atoms with Gasteiger partial charge in [-0.05, 0) is 64.2 Å². The molecule has 1 atom stereocenters. The summed E-state index contributed by atoms with van der Waals surface area (Å²) in [5, 5.41) is 8.83. The highest BCUT2D eigenvalue weighted by atomic mass is 16.5. The highest BCUT2D eigenvalue weighted by molar-refractivity contribution is 5.69. The monoisotopic (exact) mass is 663 g/mol. The van der Waals surface area contributed by atoms with Gasteiger partial charge in [0, 0.05) is 12.8 Å². The van der Waals surface area contributed by atoms with E-state index in [1.165, 1.54) is 154 Å². The second-order valence-corrected chi connectivity index (χ2v) is 14.5. The van der Waals surface area contributed by atoms with Crippen LogP contribution in [0, 0.1) is 0 Å². The van der Waals surface area contributed by atoms with Crippen LogP contribution in [0.3, 0.4) is 0 Å². The molecular formula is C43H82O4. The molecule has 4 nitrogen and oxygen atoms in total. The van der Waals surface area contributed by atoms with Crippen molar-refractivity contribution in [1.82, 2.24) is 0 Å². The number of carboxylic acid groups (broad SMARTS) is 1. The molecule has 0 saturated heterocycles. The van der Waals surface area contributed by atoms with Crippen molar-refractivity contribution >= 4 is 11.9 Å². The lowest BCUT2D eigenvalue weighted by molar-refractivity contribution is -0.150.